The molecule has 27 heavy (non-hydrogen) atoms. The van der Waals surface area contributed by atoms with Gasteiger partial charge < -0.3 is 14.2 Å². The smallest absolute Gasteiger partial charge is 0.305 e. The van der Waals surface area contributed by atoms with Crippen LogP contribution in [-0.2, 0) is 9.53 Å². The van der Waals surface area contributed by atoms with E-state index in [-0.39, 0.29) is 5.97 Å². The molecule has 0 saturated heterocycles. The number of hydrogen-bond donors (Lipinski definition) is 0. The molecule has 5 heteroatoms. The number of esters is 1. The first-order valence-corrected chi connectivity index (χ1v) is 9.21. The summed E-state index contributed by atoms with van der Waals surface area (Å²) in [5.74, 6) is 1.39. The van der Waals surface area contributed by atoms with Gasteiger partial charge in [-0.1, -0.05) is 35.9 Å². The normalized spacial score (nSPS) is 10.2. The fourth-order valence-corrected chi connectivity index (χ4v) is 3.12. The van der Waals surface area contributed by atoms with Crippen LogP contribution < -0.4 is 9.47 Å². The Morgan fingerprint density at radius 3 is 1.63 bits per heavy atom. The molecule has 0 aliphatic heterocycles. The van der Waals surface area contributed by atoms with Crippen LogP contribution in [-0.4, -0.2) is 27.3 Å². The van der Waals surface area contributed by atoms with Gasteiger partial charge in [0.1, 0.15) is 11.5 Å². The van der Waals surface area contributed by atoms with Gasteiger partial charge in [-0.25, -0.2) is 0 Å². The minimum absolute atomic E-state index is 0.194. The second kappa shape index (κ2) is 10.6. The largest absolute Gasteiger partial charge is 0.497 e. The molecule has 0 aromatic heterocycles. The van der Waals surface area contributed by atoms with E-state index in [4.69, 9.17) is 21.1 Å². The van der Waals surface area contributed by atoms with E-state index >= 15 is 0 Å². The number of ether oxygens (including phenoxy) is 3. The van der Waals surface area contributed by atoms with Gasteiger partial charge in [-0.05, 0) is 54.7 Å². The molecule has 0 spiro atoms. The molecule has 0 amide bonds. The molecular weight excluding hydrogens is 364 g/mol. The minimum atomic E-state index is -0.194. The summed E-state index contributed by atoms with van der Waals surface area (Å²) in [7, 11) is 4.69. The number of unbranched alkanes of at least 4 members (excludes halogenated alkanes) is 1. The molecule has 0 N–H and O–H groups in total. The van der Waals surface area contributed by atoms with Crippen LogP contribution in [0, 0.1) is 0 Å². The number of carbonyl (C=O) groups is 1. The molecule has 0 fully saturated rings. The number of methoxy groups -OCH3 is 3. The number of allylic oxidation sites excluding steroid dienone is 1. The lowest BCUT2D eigenvalue weighted by Crippen LogP contribution is -1.99. The van der Waals surface area contributed by atoms with Crippen LogP contribution in [0.2, 0.25) is 0 Å². The van der Waals surface area contributed by atoms with Gasteiger partial charge in [-0.15, -0.1) is 0 Å². The molecule has 0 radical (unpaired) electrons. The Kier molecular flexibility index (Phi) is 8.21. The second-order valence-corrected chi connectivity index (χ2v) is 6.48. The highest BCUT2D eigenvalue weighted by Crippen LogP contribution is 2.33. The molecule has 4 nitrogen and oxygen atoms in total. The van der Waals surface area contributed by atoms with E-state index in [1.54, 1.807) is 14.2 Å². The molecule has 0 saturated carbocycles. The summed E-state index contributed by atoms with van der Waals surface area (Å²) in [5, 5.41) is 0.759. The predicted octanol–water partition coefficient (Wildman–Crippen LogP) is 5.44. The lowest BCUT2D eigenvalue weighted by atomic mass is 9.95. The van der Waals surface area contributed by atoms with E-state index < -0.39 is 0 Å². The number of rotatable bonds is 9. The van der Waals surface area contributed by atoms with Gasteiger partial charge in [0.25, 0.3) is 0 Å². The Balaban J connectivity index is 2.27. The second-order valence-electron chi connectivity index (χ2n) is 6.02. The third-order valence-electron chi connectivity index (χ3n) is 4.28. The molecule has 2 aromatic rings. The Morgan fingerprint density at radius 2 is 1.22 bits per heavy atom. The van der Waals surface area contributed by atoms with Crippen LogP contribution in [0.25, 0.3) is 5.57 Å². The number of benzene rings is 2. The lowest BCUT2D eigenvalue weighted by Gasteiger charge is -2.13. The quantitative estimate of drug-likeness (QED) is 0.424. The van der Waals surface area contributed by atoms with E-state index in [1.807, 2.05) is 48.5 Å². The summed E-state index contributed by atoms with van der Waals surface area (Å²) < 4.78 is 15.2. The van der Waals surface area contributed by atoms with Gasteiger partial charge in [0.05, 0.1) is 21.3 Å². The first-order chi connectivity index (χ1) is 13.1. The summed E-state index contributed by atoms with van der Waals surface area (Å²) in [6.07, 6.45) is 2.64. The van der Waals surface area contributed by atoms with Crippen molar-refractivity contribution in [3.05, 3.63) is 64.7 Å². The third kappa shape index (κ3) is 6.04. The average Bonchev–Trinajstić information content (AvgIpc) is 2.72. The molecule has 144 valence electrons. The standard InChI is InChI=1S/C22H25ClO4/c1-25-18-12-8-16(9-13-18)22(17-10-14-19(26-2)15-11-17)20(23)6-4-5-7-21(24)27-3/h8-15H,4-7H2,1-3H3. The summed E-state index contributed by atoms with van der Waals surface area (Å²) in [6.45, 7) is 0. The van der Waals surface area contributed by atoms with E-state index in [9.17, 15) is 4.79 Å². The number of carbonyl (C=O) groups excluding carboxylic acids is 1. The number of hydrogen-bond acceptors (Lipinski definition) is 4. The minimum Gasteiger partial charge on any atom is -0.497 e. The molecule has 0 heterocycles. The summed E-state index contributed by atoms with van der Waals surface area (Å²) >= 11 is 6.71. The van der Waals surface area contributed by atoms with Crippen molar-refractivity contribution in [1.29, 1.82) is 0 Å². The SMILES string of the molecule is COC(=O)CCCCC(Cl)=C(c1ccc(OC)cc1)c1ccc(OC)cc1. The molecule has 0 bridgehead atoms. The molecule has 0 aliphatic carbocycles. The summed E-state index contributed by atoms with van der Waals surface area (Å²) in [4.78, 5) is 11.3. The van der Waals surface area contributed by atoms with Crippen molar-refractivity contribution in [3.63, 3.8) is 0 Å². The molecule has 0 aliphatic rings. The van der Waals surface area contributed by atoms with Gasteiger partial charge >= 0.3 is 5.97 Å². The molecule has 0 atom stereocenters. The van der Waals surface area contributed by atoms with Crippen LogP contribution in [0.3, 0.4) is 0 Å². The van der Waals surface area contributed by atoms with E-state index in [0.717, 1.165) is 46.1 Å². The summed E-state index contributed by atoms with van der Waals surface area (Å²) in [6, 6.07) is 15.6. The van der Waals surface area contributed by atoms with Gasteiger partial charge in [0, 0.05) is 17.0 Å². The fraction of sp³-hybridized carbons (Fsp3) is 0.318. The van der Waals surface area contributed by atoms with Gasteiger partial charge in [0.15, 0.2) is 0 Å². The zero-order valence-corrected chi connectivity index (χ0v) is 16.7. The first-order valence-electron chi connectivity index (χ1n) is 8.83. The Bertz CT molecular complexity index is 714. The average molecular weight is 389 g/mol. The summed E-state index contributed by atoms with van der Waals surface area (Å²) in [5.41, 5.74) is 3.00. The Labute approximate surface area is 165 Å². The molecule has 2 aromatic carbocycles. The predicted molar refractivity (Wildman–Crippen MR) is 108 cm³/mol. The van der Waals surface area contributed by atoms with Crippen molar-refractivity contribution in [2.75, 3.05) is 21.3 Å². The lowest BCUT2D eigenvalue weighted by molar-refractivity contribution is -0.140. The monoisotopic (exact) mass is 388 g/mol. The zero-order chi connectivity index (χ0) is 19.6. The van der Waals surface area contributed by atoms with Crippen molar-refractivity contribution in [2.45, 2.75) is 25.7 Å². The van der Waals surface area contributed by atoms with Gasteiger partial charge in [0.2, 0.25) is 0 Å². The van der Waals surface area contributed by atoms with Crippen molar-refractivity contribution < 1.29 is 19.0 Å². The zero-order valence-electron chi connectivity index (χ0n) is 16.0. The Hall–Kier alpha value is -2.46. The molecular formula is C22H25ClO4. The van der Waals surface area contributed by atoms with Crippen molar-refractivity contribution in [1.82, 2.24) is 0 Å². The van der Waals surface area contributed by atoms with Crippen molar-refractivity contribution in [2.24, 2.45) is 0 Å². The first kappa shape index (κ1) is 20.8. The maximum atomic E-state index is 11.3. The van der Waals surface area contributed by atoms with E-state index in [0.29, 0.717) is 12.8 Å². The van der Waals surface area contributed by atoms with Crippen LogP contribution in [0.15, 0.2) is 53.6 Å². The van der Waals surface area contributed by atoms with Gasteiger partial charge in [-0.2, -0.15) is 0 Å². The highest BCUT2D eigenvalue weighted by Gasteiger charge is 2.12. The maximum absolute atomic E-state index is 11.3. The van der Waals surface area contributed by atoms with Crippen LogP contribution in [0.4, 0.5) is 0 Å². The molecule has 0 unspecified atom stereocenters. The van der Waals surface area contributed by atoms with Crippen molar-refractivity contribution in [3.8, 4) is 11.5 Å². The topological polar surface area (TPSA) is 44.8 Å². The highest BCUT2D eigenvalue weighted by atomic mass is 35.5. The maximum Gasteiger partial charge on any atom is 0.305 e. The van der Waals surface area contributed by atoms with Crippen LogP contribution in [0.1, 0.15) is 36.8 Å². The van der Waals surface area contributed by atoms with E-state index in [2.05, 4.69) is 4.74 Å². The van der Waals surface area contributed by atoms with Crippen LogP contribution in [0.5, 0.6) is 11.5 Å². The van der Waals surface area contributed by atoms with Gasteiger partial charge in [-0.3, -0.25) is 4.79 Å². The van der Waals surface area contributed by atoms with Crippen molar-refractivity contribution >= 4 is 23.1 Å². The van der Waals surface area contributed by atoms with Crippen LogP contribution >= 0.6 is 11.6 Å². The number of halogens is 1. The fourth-order valence-electron chi connectivity index (χ4n) is 2.77. The van der Waals surface area contributed by atoms with E-state index in [1.165, 1.54) is 7.11 Å². The highest BCUT2D eigenvalue weighted by molar-refractivity contribution is 6.33. The molecule has 2 rings (SSSR count). The third-order valence-corrected chi connectivity index (χ3v) is 4.66. The Morgan fingerprint density at radius 1 is 0.778 bits per heavy atom.